The first-order valence-corrected chi connectivity index (χ1v) is 10.3. The zero-order valence-electron chi connectivity index (χ0n) is 15.8. The van der Waals surface area contributed by atoms with Crippen LogP contribution in [-0.4, -0.2) is 46.7 Å². The molecular formula is C20H23N5O2S. The van der Waals surface area contributed by atoms with Crippen molar-refractivity contribution < 1.29 is 9.59 Å². The molecule has 0 spiro atoms. The van der Waals surface area contributed by atoms with Crippen molar-refractivity contribution in [2.24, 2.45) is 0 Å². The molecule has 2 aliphatic rings. The monoisotopic (exact) mass is 397 g/mol. The van der Waals surface area contributed by atoms with Crippen LogP contribution in [0.15, 0.2) is 48.8 Å². The number of hydrogen-bond donors (Lipinski definition) is 2. The van der Waals surface area contributed by atoms with Gasteiger partial charge in [-0.1, -0.05) is 12.1 Å². The molecule has 1 aromatic carbocycles. The molecular weight excluding hydrogens is 374 g/mol. The highest BCUT2D eigenvalue weighted by Gasteiger charge is 2.38. The number of rotatable bonds is 3. The van der Waals surface area contributed by atoms with Gasteiger partial charge in [0.1, 0.15) is 5.50 Å². The van der Waals surface area contributed by atoms with Gasteiger partial charge in [-0.15, -0.1) is 11.8 Å². The molecule has 1 saturated heterocycles. The number of pyridine rings is 1. The zero-order chi connectivity index (χ0) is 19.7. The maximum Gasteiger partial charge on any atom is 0.245 e. The lowest BCUT2D eigenvalue weighted by Gasteiger charge is -2.41. The van der Waals surface area contributed by atoms with Gasteiger partial charge < -0.3 is 15.1 Å². The molecule has 3 heterocycles. The molecule has 1 aromatic heterocycles. The fraction of sp³-hybridized carbons (Fsp3) is 0.350. The van der Waals surface area contributed by atoms with E-state index < -0.39 is 0 Å². The Labute approximate surface area is 168 Å². The molecule has 4 rings (SSSR count). The van der Waals surface area contributed by atoms with Crippen LogP contribution in [0.3, 0.4) is 0 Å². The Kier molecular flexibility index (Phi) is 5.23. The fourth-order valence-electron chi connectivity index (χ4n) is 3.75. The van der Waals surface area contributed by atoms with Gasteiger partial charge in [-0.2, -0.15) is 0 Å². The van der Waals surface area contributed by atoms with Gasteiger partial charge in [0.25, 0.3) is 0 Å². The minimum absolute atomic E-state index is 0.0117. The van der Waals surface area contributed by atoms with E-state index in [1.54, 1.807) is 36.0 Å². The largest absolute Gasteiger partial charge is 0.360 e. The summed E-state index contributed by atoms with van der Waals surface area (Å²) in [5, 5.41) is 6.71. The first kappa shape index (κ1) is 18.8. The van der Waals surface area contributed by atoms with E-state index in [9.17, 15) is 9.59 Å². The molecule has 7 nitrogen and oxygen atoms in total. The van der Waals surface area contributed by atoms with E-state index in [-0.39, 0.29) is 29.4 Å². The third-order valence-corrected chi connectivity index (χ3v) is 6.08. The smallest absolute Gasteiger partial charge is 0.245 e. The van der Waals surface area contributed by atoms with Gasteiger partial charge in [0, 0.05) is 31.6 Å². The Morgan fingerprint density at radius 2 is 2.00 bits per heavy atom. The van der Waals surface area contributed by atoms with Crippen molar-refractivity contribution in [3.8, 4) is 0 Å². The standard InChI is InChI=1S/C20H23N5O2S/c1-13-11-24(17-7-3-4-8-18(17)25(13)14(2)26)19(27)16-12-28-20(23-16)22-15-6-5-9-21-10-15/h3-10,13,16,20,22-23H,11-12H2,1-2H3/t13-,16?,20?/m0/s1. The number of nitrogens with one attached hydrogen (secondary N) is 2. The number of carbonyl (C=O) groups is 2. The summed E-state index contributed by atoms with van der Waals surface area (Å²) in [7, 11) is 0. The lowest BCUT2D eigenvalue weighted by Crippen LogP contribution is -2.55. The SMILES string of the molecule is CC(=O)N1c2ccccc2N(C(=O)C2CSC(Nc3cccnc3)N2)C[C@@H]1C. The lowest BCUT2D eigenvalue weighted by atomic mass is 10.1. The lowest BCUT2D eigenvalue weighted by molar-refractivity contribution is -0.121. The van der Waals surface area contributed by atoms with Gasteiger partial charge in [0.15, 0.2) is 0 Å². The van der Waals surface area contributed by atoms with Gasteiger partial charge >= 0.3 is 0 Å². The Morgan fingerprint density at radius 3 is 2.71 bits per heavy atom. The van der Waals surface area contributed by atoms with E-state index in [1.165, 1.54) is 0 Å². The second kappa shape index (κ2) is 7.81. The van der Waals surface area contributed by atoms with Crippen LogP contribution in [0.4, 0.5) is 17.1 Å². The average Bonchev–Trinajstić information content (AvgIpc) is 3.15. The summed E-state index contributed by atoms with van der Waals surface area (Å²) in [5.41, 5.74) is 2.44. The number of nitrogens with zero attached hydrogens (tertiary/aromatic N) is 3. The van der Waals surface area contributed by atoms with E-state index in [0.29, 0.717) is 12.3 Å². The third kappa shape index (κ3) is 3.57. The van der Waals surface area contributed by atoms with Crippen LogP contribution in [0.1, 0.15) is 13.8 Å². The molecule has 0 radical (unpaired) electrons. The molecule has 1 fully saturated rings. The quantitative estimate of drug-likeness (QED) is 0.827. The van der Waals surface area contributed by atoms with E-state index in [4.69, 9.17) is 0 Å². The van der Waals surface area contributed by atoms with E-state index >= 15 is 0 Å². The number of anilines is 3. The zero-order valence-corrected chi connectivity index (χ0v) is 16.6. The van der Waals surface area contributed by atoms with Crippen LogP contribution in [0.5, 0.6) is 0 Å². The summed E-state index contributed by atoms with van der Waals surface area (Å²) in [4.78, 5) is 33.1. The second-order valence-corrected chi connectivity index (χ2v) is 8.13. The summed E-state index contributed by atoms with van der Waals surface area (Å²) in [5.74, 6) is 0.702. The van der Waals surface area contributed by atoms with Crippen molar-refractivity contribution in [2.75, 3.05) is 27.4 Å². The fourth-order valence-corrected chi connectivity index (χ4v) is 4.85. The second-order valence-electron chi connectivity index (χ2n) is 6.99. The van der Waals surface area contributed by atoms with E-state index in [0.717, 1.165) is 17.1 Å². The van der Waals surface area contributed by atoms with Gasteiger partial charge in [0.05, 0.1) is 29.1 Å². The Hall–Kier alpha value is -2.58. The van der Waals surface area contributed by atoms with Crippen LogP contribution in [-0.2, 0) is 9.59 Å². The first-order valence-electron chi connectivity index (χ1n) is 9.29. The van der Waals surface area contributed by atoms with Gasteiger partial charge in [-0.3, -0.25) is 19.9 Å². The average molecular weight is 398 g/mol. The summed E-state index contributed by atoms with van der Waals surface area (Å²) in [6.07, 6.45) is 3.49. The minimum Gasteiger partial charge on any atom is -0.360 e. The molecule has 2 N–H and O–H groups in total. The number of fused-ring (bicyclic) bond motifs is 1. The van der Waals surface area contributed by atoms with E-state index in [2.05, 4.69) is 15.6 Å². The molecule has 2 aliphatic heterocycles. The molecule has 2 unspecified atom stereocenters. The van der Waals surface area contributed by atoms with Crippen molar-refractivity contribution in [3.05, 3.63) is 48.8 Å². The molecule has 8 heteroatoms. The molecule has 2 aromatic rings. The van der Waals surface area contributed by atoms with Crippen LogP contribution < -0.4 is 20.4 Å². The molecule has 2 amide bonds. The Morgan fingerprint density at radius 1 is 1.21 bits per heavy atom. The summed E-state index contributed by atoms with van der Waals surface area (Å²) in [6.45, 7) is 4.02. The summed E-state index contributed by atoms with van der Waals surface area (Å²) < 4.78 is 0. The van der Waals surface area contributed by atoms with Crippen LogP contribution in [0, 0.1) is 0 Å². The topological polar surface area (TPSA) is 77.6 Å². The number of aromatic nitrogens is 1. The molecule has 28 heavy (non-hydrogen) atoms. The first-order chi connectivity index (χ1) is 13.5. The predicted octanol–water partition coefficient (Wildman–Crippen LogP) is 2.27. The summed E-state index contributed by atoms with van der Waals surface area (Å²) in [6, 6.07) is 11.1. The number of amides is 2. The number of hydrogen-bond acceptors (Lipinski definition) is 6. The van der Waals surface area contributed by atoms with Crippen LogP contribution in [0.25, 0.3) is 0 Å². The molecule has 146 valence electrons. The highest BCUT2D eigenvalue weighted by atomic mass is 32.2. The highest BCUT2D eigenvalue weighted by molar-refractivity contribution is 8.00. The Bertz CT molecular complexity index is 878. The van der Waals surface area contributed by atoms with Gasteiger partial charge in [-0.25, -0.2) is 0 Å². The molecule has 3 atom stereocenters. The number of thioether (sulfide) groups is 1. The van der Waals surface area contributed by atoms with E-state index in [1.807, 2.05) is 48.2 Å². The minimum atomic E-state index is -0.289. The summed E-state index contributed by atoms with van der Waals surface area (Å²) >= 11 is 1.66. The maximum atomic E-state index is 13.3. The molecule has 0 bridgehead atoms. The normalized spacial score (nSPS) is 24.0. The van der Waals surface area contributed by atoms with Crippen LogP contribution >= 0.6 is 11.8 Å². The van der Waals surface area contributed by atoms with Gasteiger partial charge in [0.2, 0.25) is 11.8 Å². The van der Waals surface area contributed by atoms with Crippen molar-refractivity contribution in [3.63, 3.8) is 0 Å². The number of para-hydroxylation sites is 2. The van der Waals surface area contributed by atoms with Gasteiger partial charge in [-0.05, 0) is 31.2 Å². The van der Waals surface area contributed by atoms with Crippen LogP contribution in [0.2, 0.25) is 0 Å². The molecule has 0 saturated carbocycles. The third-order valence-electron chi connectivity index (χ3n) is 4.96. The maximum absolute atomic E-state index is 13.3. The highest BCUT2D eigenvalue weighted by Crippen LogP contribution is 2.36. The van der Waals surface area contributed by atoms with Crippen molar-refractivity contribution in [1.82, 2.24) is 10.3 Å². The van der Waals surface area contributed by atoms with Crippen molar-refractivity contribution in [2.45, 2.75) is 31.4 Å². The predicted molar refractivity (Wildman–Crippen MR) is 112 cm³/mol. The number of benzene rings is 1. The number of carbonyl (C=O) groups excluding carboxylic acids is 2. The van der Waals surface area contributed by atoms with Crippen molar-refractivity contribution in [1.29, 1.82) is 0 Å². The van der Waals surface area contributed by atoms with Crippen molar-refractivity contribution >= 4 is 40.6 Å². The Balaban J connectivity index is 1.50. The molecule has 0 aliphatic carbocycles.